The second-order valence-electron chi connectivity index (χ2n) is 2.75. The number of rotatable bonds is 5. The summed E-state index contributed by atoms with van der Waals surface area (Å²) in [5, 5.41) is 0. The molecule has 1 nitrogen and oxygen atoms in total. The Labute approximate surface area is 69.5 Å². The minimum atomic E-state index is 0.655. The van der Waals surface area contributed by atoms with Crippen LogP contribution in [0.25, 0.3) is 0 Å². The number of hydrogen-bond donors (Lipinski definition) is 0. The molecule has 0 spiro atoms. The molecule has 0 aliphatic heterocycles. The molecule has 11 heavy (non-hydrogen) atoms. The maximum Gasteiger partial charge on any atom is 0.0407 e. The SMILES string of the molecule is C=NCC(C)CCC=C=CC. The van der Waals surface area contributed by atoms with E-state index < -0.39 is 0 Å². The van der Waals surface area contributed by atoms with Gasteiger partial charge in [0.15, 0.2) is 0 Å². The lowest BCUT2D eigenvalue weighted by atomic mass is 10.1. The lowest BCUT2D eigenvalue weighted by Crippen LogP contribution is -1.97. The van der Waals surface area contributed by atoms with Crippen LogP contribution >= 0.6 is 0 Å². The van der Waals surface area contributed by atoms with Crippen LogP contribution < -0.4 is 0 Å². The van der Waals surface area contributed by atoms with Gasteiger partial charge in [0.05, 0.1) is 0 Å². The average Bonchev–Trinajstić information content (AvgIpc) is 1.99. The summed E-state index contributed by atoms with van der Waals surface area (Å²) in [6, 6.07) is 0. The molecule has 0 amide bonds. The molecule has 0 N–H and O–H groups in total. The average molecular weight is 151 g/mol. The van der Waals surface area contributed by atoms with Crippen LogP contribution in [0.1, 0.15) is 26.7 Å². The lowest BCUT2D eigenvalue weighted by Gasteiger charge is -2.03. The molecule has 1 atom stereocenters. The Hall–Kier alpha value is -0.810. The van der Waals surface area contributed by atoms with Gasteiger partial charge in [-0.05, 0) is 44.6 Å². The van der Waals surface area contributed by atoms with E-state index >= 15 is 0 Å². The molecule has 0 aliphatic rings. The number of allylic oxidation sites excluding steroid dienone is 1. The molecule has 1 unspecified atom stereocenters. The standard InChI is InChI=1S/C10H17N/c1-4-5-6-7-8-10(2)9-11-3/h4,6,10H,3,7-9H2,1-2H3. The quantitative estimate of drug-likeness (QED) is 0.423. The van der Waals surface area contributed by atoms with Crippen molar-refractivity contribution in [3.63, 3.8) is 0 Å². The van der Waals surface area contributed by atoms with Crippen molar-refractivity contribution < 1.29 is 0 Å². The zero-order valence-corrected chi connectivity index (χ0v) is 7.51. The second kappa shape index (κ2) is 7.30. The van der Waals surface area contributed by atoms with Gasteiger partial charge in [-0.1, -0.05) is 6.92 Å². The topological polar surface area (TPSA) is 12.4 Å². The van der Waals surface area contributed by atoms with Crippen molar-refractivity contribution in [2.45, 2.75) is 26.7 Å². The number of aliphatic imine (C=N–C) groups is 1. The molecule has 0 aliphatic carbocycles. The minimum Gasteiger partial charge on any atom is -0.301 e. The van der Waals surface area contributed by atoms with E-state index in [-0.39, 0.29) is 0 Å². The molecule has 0 heterocycles. The van der Waals surface area contributed by atoms with Crippen LogP contribution in [-0.2, 0) is 0 Å². The van der Waals surface area contributed by atoms with Crippen LogP contribution in [0.4, 0.5) is 0 Å². The van der Waals surface area contributed by atoms with Crippen molar-refractivity contribution >= 4 is 6.72 Å². The molecule has 0 rings (SSSR count). The van der Waals surface area contributed by atoms with Crippen LogP contribution in [0.2, 0.25) is 0 Å². The van der Waals surface area contributed by atoms with Crippen LogP contribution in [0.3, 0.4) is 0 Å². The van der Waals surface area contributed by atoms with Crippen molar-refractivity contribution in [3.05, 3.63) is 17.9 Å². The second-order valence-corrected chi connectivity index (χ2v) is 2.75. The highest BCUT2D eigenvalue weighted by Gasteiger charge is 1.96. The van der Waals surface area contributed by atoms with E-state index in [0.717, 1.165) is 13.0 Å². The van der Waals surface area contributed by atoms with Crippen molar-refractivity contribution in [1.29, 1.82) is 0 Å². The fraction of sp³-hybridized carbons (Fsp3) is 0.600. The Bertz CT molecular complexity index is 152. The van der Waals surface area contributed by atoms with Crippen LogP contribution in [0.15, 0.2) is 22.9 Å². The maximum absolute atomic E-state index is 3.84. The third kappa shape index (κ3) is 7.08. The van der Waals surface area contributed by atoms with E-state index in [2.05, 4.69) is 30.4 Å². The molecule has 0 bridgehead atoms. The highest BCUT2D eigenvalue weighted by atomic mass is 14.7. The van der Waals surface area contributed by atoms with E-state index in [1.807, 2.05) is 13.0 Å². The number of nitrogens with zero attached hydrogens (tertiary/aromatic N) is 1. The van der Waals surface area contributed by atoms with Gasteiger partial charge in [0, 0.05) is 6.54 Å². The third-order valence-corrected chi connectivity index (χ3v) is 1.53. The first-order chi connectivity index (χ1) is 5.31. The minimum absolute atomic E-state index is 0.655. The van der Waals surface area contributed by atoms with Crippen LogP contribution in [-0.4, -0.2) is 13.3 Å². The van der Waals surface area contributed by atoms with Crippen molar-refractivity contribution in [2.24, 2.45) is 10.9 Å². The Morgan fingerprint density at radius 1 is 1.64 bits per heavy atom. The smallest absolute Gasteiger partial charge is 0.0407 e. The normalized spacial score (nSPS) is 11.5. The summed E-state index contributed by atoms with van der Waals surface area (Å²) in [5.74, 6) is 0.655. The van der Waals surface area contributed by atoms with Crippen molar-refractivity contribution in [3.8, 4) is 0 Å². The van der Waals surface area contributed by atoms with E-state index in [1.54, 1.807) is 0 Å². The van der Waals surface area contributed by atoms with Crippen LogP contribution in [0.5, 0.6) is 0 Å². The van der Waals surface area contributed by atoms with Crippen LogP contribution in [0, 0.1) is 5.92 Å². The lowest BCUT2D eigenvalue weighted by molar-refractivity contribution is 0.553. The summed E-state index contributed by atoms with van der Waals surface area (Å²) in [6.45, 7) is 8.51. The van der Waals surface area contributed by atoms with Crippen molar-refractivity contribution in [1.82, 2.24) is 0 Å². The van der Waals surface area contributed by atoms with Crippen molar-refractivity contribution in [2.75, 3.05) is 6.54 Å². The molecule has 1 heteroatoms. The molecule has 0 aromatic rings. The largest absolute Gasteiger partial charge is 0.301 e. The van der Waals surface area contributed by atoms with Gasteiger partial charge >= 0.3 is 0 Å². The van der Waals surface area contributed by atoms with Gasteiger partial charge in [-0.3, -0.25) is 0 Å². The Balaban J connectivity index is 3.37. The zero-order chi connectivity index (χ0) is 8.53. The van der Waals surface area contributed by atoms with Gasteiger partial charge in [-0.25, -0.2) is 0 Å². The molecule has 0 aromatic carbocycles. The summed E-state index contributed by atoms with van der Waals surface area (Å²) in [5.41, 5.74) is 3.05. The number of hydrogen-bond acceptors (Lipinski definition) is 1. The van der Waals surface area contributed by atoms with Gasteiger partial charge < -0.3 is 4.99 Å². The summed E-state index contributed by atoms with van der Waals surface area (Å²) < 4.78 is 0. The van der Waals surface area contributed by atoms with E-state index in [4.69, 9.17) is 0 Å². The molecule has 0 saturated heterocycles. The summed E-state index contributed by atoms with van der Waals surface area (Å²) in [4.78, 5) is 3.84. The summed E-state index contributed by atoms with van der Waals surface area (Å²) >= 11 is 0. The molecule has 0 fully saturated rings. The zero-order valence-electron chi connectivity index (χ0n) is 7.51. The Morgan fingerprint density at radius 2 is 2.36 bits per heavy atom. The predicted molar refractivity (Wildman–Crippen MR) is 51.1 cm³/mol. The predicted octanol–water partition coefficient (Wildman–Crippen LogP) is 2.83. The van der Waals surface area contributed by atoms with Gasteiger partial charge in [-0.15, -0.1) is 5.73 Å². The molecular weight excluding hydrogens is 134 g/mol. The maximum atomic E-state index is 3.84. The molecule has 62 valence electrons. The van der Waals surface area contributed by atoms with Gasteiger partial charge in [0.25, 0.3) is 0 Å². The molecule has 0 aromatic heterocycles. The first-order valence-corrected chi connectivity index (χ1v) is 4.09. The highest BCUT2D eigenvalue weighted by molar-refractivity contribution is 5.23. The third-order valence-electron chi connectivity index (χ3n) is 1.53. The summed E-state index contributed by atoms with van der Waals surface area (Å²) in [7, 11) is 0. The first-order valence-electron chi connectivity index (χ1n) is 4.09. The van der Waals surface area contributed by atoms with Gasteiger partial charge in [0.1, 0.15) is 0 Å². The van der Waals surface area contributed by atoms with E-state index in [1.165, 1.54) is 6.42 Å². The molecular formula is C10H17N. The molecule has 0 radical (unpaired) electrons. The Kier molecular flexibility index (Phi) is 6.76. The monoisotopic (exact) mass is 151 g/mol. The first kappa shape index (κ1) is 10.2. The van der Waals surface area contributed by atoms with Gasteiger partial charge in [-0.2, -0.15) is 0 Å². The fourth-order valence-corrected chi connectivity index (χ4v) is 0.881. The summed E-state index contributed by atoms with van der Waals surface area (Å²) in [6.07, 6.45) is 6.27. The fourth-order valence-electron chi connectivity index (χ4n) is 0.881. The van der Waals surface area contributed by atoms with E-state index in [9.17, 15) is 0 Å². The van der Waals surface area contributed by atoms with E-state index in [0.29, 0.717) is 5.92 Å². The highest BCUT2D eigenvalue weighted by Crippen LogP contribution is 2.05. The Morgan fingerprint density at radius 3 is 2.91 bits per heavy atom. The van der Waals surface area contributed by atoms with Gasteiger partial charge in [0.2, 0.25) is 0 Å². The molecule has 0 saturated carbocycles.